The largest absolute Gasteiger partial charge is 0.322 e. The van der Waals surface area contributed by atoms with Crippen LogP contribution in [0, 0.1) is 0 Å². The highest BCUT2D eigenvalue weighted by Crippen LogP contribution is 2.24. The van der Waals surface area contributed by atoms with Crippen molar-refractivity contribution in [2.24, 2.45) is 0 Å². The molecule has 2 aromatic carbocycles. The molecule has 0 aliphatic carbocycles. The number of aromatic nitrogens is 2. The van der Waals surface area contributed by atoms with Gasteiger partial charge in [0.2, 0.25) is 10.0 Å². The summed E-state index contributed by atoms with van der Waals surface area (Å²) in [4.78, 5) is 12.4. The molecule has 0 radical (unpaired) electrons. The number of nitrogens with zero attached hydrogens (tertiary/aromatic N) is 3. The molecule has 1 amide bonds. The predicted molar refractivity (Wildman–Crippen MR) is 104 cm³/mol. The van der Waals surface area contributed by atoms with Gasteiger partial charge in [-0.2, -0.15) is 5.10 Å². The van der Waals surface area contributed by atoms with Crippen molar-refractivity contribution >= 4 is 27.3 Å². The number of carbonyl (C=O) groups is 1. The van der Waals surface area contributed by atoms with Crippen LogP contribution >= 0.6 is 0 Å². The van der Waals surface area contributed by atoms with Crippen molar-refractivity contribution in [1.29, 1.82) is 0 Å². The molecule has 0 atom stereocenters. The molecule has 7 nitrogen and oxygen atoms in total. The average Bonchev–Trinajstić information content (AvgIpc) is 3.32. The summed E-state index contributed by atoms with van der Waals surface area (Å²) < 4.78 is 27.1. The fraction of sp³-hybridized carbons (Fsp3) is 0.158. The lowest BCUT2D eigenvalue weighted by molar-refractivity contribution is 0.102. The summed E-state index contributed by atoms with van der Waals surface area (Å²) >= 11 is 0. The van der Waals surface area contributed by atoms with E-state index in [1.165, 1.54) is 4.31 Å². The smallest absolute Gasteiger partial charge is 0.255 e. The summed E-state index contributed by atoms with van der Waals surface area (Å²) in [6.07, 6.45) is 4.17. The van der Waals surface area contributed by atoms with Crippen LogP contribution in [0.3, 0.4) is 0 Å². The third kappa shape index (κ3) is 3.56. The van der Waals surface area contributed by atoms with Crippen molar-refractivity contribution < 1.29 is 13.2 Å². The van der Waals surface area contributed by atoms with E-state index < -0.39 is 10.0 Å². The standard InChI is InChI=1S/C19H18N4O3S/c24-19(21-16-5-9-17(10-6-16)22-12-1-11-20-22)15-3-7-18(8-4-15)23-13-2-14-27(23,25)26/h1,3-12H,2,13-14H2,(H,21,24). The summed E-state index contributed by atoms with van der Waals surface area (Å²) in [5.74, 6) is -0.0818. The van der Waals surface area contributed by atoms with Gasteiger partial charge in [-0.05, 0) is 61.0 Å². The van der Waals surface area contributed by atoms with Crippen molar-refractivity contribution in [3.05, 3.63) is 72.6 Å². The first kappa shape index (κ1) is 17.3. The number of anilines is 2. The number of rotatable bonds is 4. The summed E-state index contributed by atoms with van der Waals surface area (Å²) in [7, 11) is -3.22. The molecule has 8 heteroatoms. The zero-order valence-electron chi connectivity index (χ0n) is 14.4. The van der Waals surface area contributed by atoms with Gasteiger partial charge in [-0.3, -0.25) is 9.10 Å². The van der Waals surface area contributed by atoms with Crippen molar-refractivity contribution in [3.63, 3.8) is 0 Å². The van der Waals surface area contributed by atoms with E-state index in [-0.39, 0.29) is 11.7 Å². The Morgan fingerprint density at radius 2 is 1.70 bits per heavy atom. The molecule has 1 saturated heterocycles. The zero-order chi connectivity index (χ0) is 18.9. The van der Waals surface area contributed by atoms with E-state index in [1.54, 1.807) is 47.3 Å². The van der Waals surface area contributed by atoms with Gasteiger partial charge < -0.3 is 5.32 Å². The topological polar surface area (TPSA) is 84.3 Å². The molecule has 0 spiro atoms. The molecule has 0 saturated carbocycles. The van der Waals surface area contributed by atoms with Crippen molar-refractivity contribution in [1.82, 2.24) is 9.78 Å². The number of sulfonamides is 1. The van der Waals surface area contributed by atoms with E-state index in [0.717, 1.165) is 5.69 Å². The minimum Gasteiger partial charge on any atom is -0.322 e. The van der Waals surface area contributed by atoms with E-state index in [1.807, 2.05) is 24.4 Å². The SMILES string of the molecule is O=C(Nc1ccc(-n2cccn2)cc1)c1ccc(N2CCCS2(=O)=O)cc1. The van der Waals surface area contributed by atoms with Crippen molar-refractivity contribution in [2.45, 2.75) is 6.42 Å². The summed E-state index contributed by atoms with van der Waals surface area (Å²) in [5.41, 5.74) is 2.62. The van der Waals surface area contributed by atoms with Crippen molar-refractivity contribution in [2.75, 3.05) is 21.9 Å². The van der Waals surface area contributed by atoms with Gasteiger partial charge in [0.05, 0.1) is 17.1 Å². The van der Waals surface area contributed by atoms with E-state index in [9.17, 15) is 13.2 Å². The maximum atomic E-state index is 12.4. The minimum atomic E-state index is -3.22. The summed E-state index contributed by atoms with van der Waals surface area (Å²) in [5, 5.41) is 6.99. The van der Waals surface area contributed by atoms with Crippen LogP contribution in [0.15, 0.2) is 67.0 Å². The highest BCUT2D eigenvalue weighted by molar-refractivity contribution is 7.93. The van der Waals surface area contributed by atoms with Gasteiger partial charge in [-0.25, -0.2) is 13.1 Å². The number of nitrogens with one attached hydrogen (secondary N) is 1. The third-order valence-corrected chi connectivity index (χ3v) is 6.28. The molecular weight excluding hydrogens is 364 g/mol. The first-order chi connectivity index (χ1) is 13.0. The molecule has 2 heterocycles. The van der Waals surface area contributed by atoms with Gasteiger partial charge in [0.25, 0.3) is 5.91 Å². The number of hydrogen-bond acceptors (Lipinski definition) is 4. The van der Waals surface area contributed by atoms with E-state index in [0.29, 0.717) is 29.9 Å². The van der Waals surface area contributed by atoms with E-state index >= 15 is 0 Å². The monoisotopic (exact) mass is 382 g/mol. The Bertz CT molecular complexity index is 1040. The summed E-state index contributed by atoms with van der Waals surface area (Å²) in [6, 6.07) is 15.8. The van der Waals surface area contributed by atoms with Gasteiger partial charge in [-0.1, -0.05) is 0 Å². The molecule has 27 heavy (non-hydrogen) atoms. The first-order valence-electron chi connectivity index (χ1n) is 8.55. The Kier molecular flexibility index (Phi) is 4.41. The fourth-order valence-electron chi connectivity index (χ4n) is 3.03. The Hall–Kier alpha value is -3.13. The Morgan fingerprint density at radius 1 is 1.00 bits per heavy atom. The first-order valence-corrected chi connectivity index (χ1v) is 10.2. The van der Waals surface area contributed by atoms with Crippen LogP contribution < -0.4 is 9.62 Å². The van der Waals surface area contributed by atoms with Crippen LogP contribution in [0.1, 0.15) is 16.8 Å². The van der Waals surface area contributed by atoms with Crippen LogP contribution in [-0.4, -0.2) is 36.4 Å². The van der Waals surface area contributed by atoms with E-state index in [4.69, 9.17) is 0 Å². The molecule has 1 N–H and O–H groups in total. The highest BCUT2D eigenvalue weighted by Gasteiger charge is 2.28. The van der Waals surface area contributed by atoms with Crippen LogP contribution in [-0.2, 0) is 10.0 Å². The molecule has 3 aromatic rings. The van der Waals surface area contributed by atoms with Gasteiger partial charge >= 0.3 is 0 Å². The molecule has 1 fully saturated rings. The minimum absolute atomic E-state index is 0.170. The number of benzene rings is 2. The summed E-state index contributed by atoms with van der Waals surface area (Å²) in [6.45, 7) is 0.483. The molecule has 1 aliphatic heterocycles. The Balaban J connectivity index is 1.45. The van der Waals surface area contributed by atoms with Crippen LogP contribution in [0.2, 0.25) is 0 Å². The molecular formula is C19H18N4O3S. The maximum absolute atomic E-state index is 12.4. The molecule has 138 valence electrons. The predicted octanol–water partition coefficient (Wildman–Crippen LogP) is 2.66. The second-order valence-electron chi connectivity index (χ2n) is 6.24. The van der Waals surface area contributed by atoms with Crippen LogP contribution in [0.4, 0.5) is 11.4 Å². The quantitative estimate of drug-likeness (QED) is 0.752. The molecule has 0 bridgehead atoms. The highest BCUT2D eigenvalue weighted by atomic mass is 32.2. The lowest BCUT2D eigenvalue weighted by Crippen LogP contribution is -2.25. The molecule has 4 rings (SSSR count). The van der Waals surface area contributed by atoms with Gasteiger partial charge in [-0.15, -0.1) is 0 Å². The number of hydrogen-bond donors (Lipinski definition) is 1. The van der Waals surface area contributed by atoms with Crippen molar-refractivity contribution in [3.8, 4) is 5.69 Å². The lowest BCUT2D eigenvalue weighted by Gasteiger charge is -2.17. The van der Waals surface area contributed by atoms with E-state index in [2.05, 4.69) is 10.4 Å². The Morgan fingerprint density at radius 3 is 2.30 bits per heavy atom. The average molecular weight is 382 g/mol. The fourth-order valence-corrected chi connectivity index (χ4v) is 4.60. The number of amides is 1. The Labute approximate surface area is 157 Å². The normalized spacial score (nSPS) is 15.6. The van der Waals surface area contributed by atoms with Gasteiger partial charge in [0.15, 0.2) is 0 Å². The molecule has 1 aliphatic rings. The lowest BCUT2D eigenvalue weighted by atomic mass is 10.2. The third-order valence-electron chi connectivity index (χ3n) is 4.41. The second-order valence-corrected chi connectivity index (χ2v) is 8.25. The molecule has 1 aromatic heterocycles. The van der Waals surface area contributed by atoms with Gasteiger partial charge in [0, 0.05) is 30.2 Å². The zero-order valence-corrected chi connectivity index (χ0v) is 15.3. The van der Waals surface area contributed by atoms with Gasteiger partial charge in [0.1, 0.15) is 0 Å². The molecule has 0 unspecified atom stereocenters. The number of carbonyl (C=O) groups excluding carboxylic acids is 1. The maximum Gasteiger partial charge on any atom is 0.255 e. The van der Waals surface area contributed by atoms with Crippen LogP contribution in [0.25, 0.3) is 5.69 Å². The van der Waals surface area contributed by atoms with Crippen LogP contribution in [0.5, 0.6) is 0 Å². The second kappa shape index (κ2) is 6.88.